The molecule has 0 aliphatic rings. The van der Waals surface area contributed by atoms with Gasteiger partial charge in [0.05, 0.1) is 11.3 Å². The van der Waals surface area contributed by atoms with Gasteiger partial charge in [-0.3, -0.25) is 9.48 Å². The van der Waals surface area contributed by atoms with E-state index in [4.69, 9.17) is 0 Å². The maximum atomic E-state index is 11.6. The molecule has 4 nitrogen and oxygen atoms in total. The summed E-state index contributed by atoms with van der Waals surface area (Å²) in [6, 6.07) is 0. The minimum atomic E-state index is -0.0377. The van der Waals surface area contributed by atoms with E-state index in [0.29, 0.717) is 18.0 Å². The van der Waals surface area contributed by atoms with Crippen molar-refractivity contribution < 1.29 is 4.79 Å². The van der Waals surface area contributed by atoms with E-state index >= 15 is 0 Å². The second kappa shape index (κ2) is 4.26. The van der Waals surface area contributed by atoms with Crippen molar-refractivity contribution in [1.82, 2.24) is 15.1 Å². The fourth-order valence-corrected chi connectivity index (χ4v) is 1.21. The van der Waals surface area contributed by atoms with Crippen molar-refractivity contribution in [3.05, 3.63) is 17.5 Å². The minimum Gasteiger partial charge on any atom is -0.352 e. The van der Waals surface area contributed by atoms with Crippen molar-refractivity contribution in [2.75, 3.05) is 6.54 Å². The summed E-state index contributed by atoms with van der Waals surface area (Å²) < 4.78 is 1.65. The molecule has 1 aromatic rings. The molecular weight excluding hydrogens is 178 g/mol. The Bertz CT molecular complexity index is 328. The normalized spacial score (nSPS) is 10.6. The molecule has 4 heteroatoms. The van der Waals surface area contributed by atoms with Gasteiger partial charge in [0.25, 0.3) is 5.91 Å². The Labute approximate surface area is 84.3 Å². The van der Waals surface area contributed by atoms with Gasteiger partial charge in [-0.2, -0.15) is 5.10 Å². The number of amides is 1. The molecule has 0 radical (unpaired) electrons. The monoisotopic (exact) mass is 195 g/mol. The number of hydrogen-bond donors (Lipinski definition) is 1. The lowest BCUT2D eigenvalue weighted by atomic mass is 10.2. The maximum Gasteiger partial charge on any atom is 0.254 e. The summed E-state index contributed by atoms with van der Waals surface area (Å²) in [6.45, 7) is 6.67. The number of nitrogens with zero attached hydrogens (tertiary/aromatic N) is 2. The van der Waals surface area contributed by atoms with Crippen molar-refractivity contribution in [3.63, 3.8) is 0 Å². The first kappa shape index (κ1) is 10.8. The Kier molecular flexibility index (Phi) is 3.28. The Morgan fingerprint density at radius 3 is 2.71 bits per heavy atom. The average Bonchev–Trinajstić information content (AvgIpc) is 2.41. The molecule has 1 amide bonds. The molecule has 1 N–H and O–H groups in total. The molecule has 0 aromatic carbocycles. The van der Waals surface area contributed by atoms with E-state index in [2.05, 4.69) is 24.3 Å². The van der Waals surface area contributed by atoms with Gasteiger partial charge < -0.3 is 5.32 Å². The first-order valence-electron chi connectivity index (χ1n) is 4.79. The number of aryl methyl sites for hydroxylation is 2. The Balaban J connectivity index is 2.65. The van der Waals surface area contributed by atoms with E-state index in [1.807, 2.05) is 14.0 Å². The molecule has 0 saturated carbocycles. The average molecular weight is 195 g/mol. The molecule has 0 aliphatic heterocycles. The Morgan fingerprint density at radius 2 is 2.29 bits per heavy atom. The highest BCUT2D eigenvalue weighted by Crippen LogP contribution is 2.04. The zero-order valence-electron chi connectivity index (χ0n) is 9.16. The van der Waals surface area contributed by atoms with Crippen LogP contribution in [0.5, 0.6) is 0 Å². The lowest BCUT2D eigenvalue weighted by Crippen LogP contribution is -2.27. The molecule has 1 aromatic heterocycles. The van der Waals surface area contributed by atoms with Gasteiger partial charge in [-0.25, -0.2) is 0 Å². The number of aromatic nitrogens is 2. The van der Waals surface area contributed by atoms with Gasteiger partial charge in [0, 0.05) is 19.8 Å². The van der Waals surface area contributed by atoms with Crippen molar-refractivity contribution in [2.24, 2.45) is 13.0 Å². The number of carbonyl (C=O) groups excluding carboxylic acids is 1. The summed E-state index contributed by atoms with van der Waals surface area (Å²) in [5, 5.41) is 6.98. The fraction of sp³-hybridized carbons (Fsp3) is 0.600. The van der Waals surface area contributed by atoms with Crippen LogP contribution < -0.4 is 5.32 Å². The summed E-state index contributed by atoms with van der Waals surface area (Å²) in [4.78, 5) is 11.6. The molecular formula is C10H17N3O. The van der Waals surface area contributed by atoms with Crippen LogP contribution in [0, 0.1) is 12.8 Å². The van der Waals surface area contributed by atoms with Crippen LogP contribution in [0.15, 0.2) is 6.20 Å². The molecule has 1 heterocycles. The molecule has 0 atom stereocenters. The Hall–Kier alpha value is -1.32. The lowest BCUT2D eigenvalue weighted by Gasteiger charge is -2.06. The van der Waals surface area contributed by atoms with Crippen LogP contribution in [-0.2, 0) is 7.05 Å². The molecule has 0 unspecified atom stereocenters. The molecule has 0 fully saturated rings. The third kappa shape index (κ3) is 2.58. The molecule has 78 valence electrons. The summed E-state index contributed by atoms with van der Waals surface area (Å²) in [7, 11) is 1.81. The van der Waals surface area contributed by atoms with Crippen molar-refractivity contribution in [3.8, 4) is 0 Å². The zero-order chi connectivity index (χ0) is 10.7. The van der Waals surface area contributed by atoms with Gasteiger partial charge in [0.2, 0.25) is 0 Å². The van der Waals surface area contributed by atoms with Crippen molar-refractivity contribution >= 4 is 5.91 Å². The highest BCUT2D eigenvalue weighted by atomic mass is 16.1. The number of carbonyl (C=O) groups is 1. The maximum absolute atomic E-state index is 11.6. The number of nitrogens with one attached hydrogen (secondary N) is 1. The predicted octanol–water partition coefficient (Wildman–Crippen LogP) is 1.11. The van der Waals surface area contributed by atoms with Crippen LogP contribution in [-0.4, -0.2) is 22.2 Å². The van der Waals surface area contributed by atoms with E-state index < -0.39 is 0 Å². The zero-order valence-corrected chi connectivity index (χ0v) is 9.16. The van der Waals surface area contributed by atoms with Crippen LogP contribution in [0.4, 0.5) is 0 Å². The third-order valence-corrected chi connectivity index (χ3v) is 1.93. The predicted molar refractivity (Wildman–Crippen MR) is 55.1 cm³/mol. The first-order chi connectivity index (χ1) is 6.50. The molecule has 0 bridgehead atoms. The summed E-state index contributed by atoms with van der Waals surface area (Å²) in [6.07, 6.45) is 1.74. The molecule has 14 heavy (non-hydrogen) atoms. The van der Waals surface area contributed by atoms with E-state index in [1.165, 1.54) is 0 Å². The van der Waals surface area contributed by atoms with Gasteiger partial charge in [-0.05, 0) is 12.8 Å². The van der Waals surface area contributed by atoms with Crippen LogP contribution >= 0.6 is 0 Å². The van der Waals surface area contributed by atoms with Crippen LogP contribution in [0.1, 0.15) is 29.9 Å². The first-order valence-corrected chi connectivity index (χ1v) is 4.79. The third-order valence-electron chi connectivity index (χ3n) is 1.93. The fourth-order valence-electron chi connectivity index (χ4n) is 1.21. The van der Waals surface area contributed by atoms with Crippen LogP contribution in [0.25, 0.3) is 0 Å². The van der Waals surface area contributed by atoms with Crippen molar-refractivity contribution in [2.45, 2.75) is 20.8 Å². The van der Waals surface area contributed by atoms with Gasteiger partial charge in [-0.15, -0.1) is 0 Å². The molecule has 0 spiro atoms. The summed E-state index contributed by atoms with van der Waals surface area (Å²) >= 11 is 0. The Morgan fingerprint density at radius 1 is 1.64 bits per heavy atom. The number of hydrogen-bond acceptors (Lipinski definition) is 2. The van der Waals surface area contributed by atoms with E-state index in [-0.39, 0.29) is 5.91 Å². The topological polar surface area (TPSA) is 46.9 Å². The quantitative estimate of drug-likeness (QED) is 0.785. The van der Waals surface area contributed by atoms with Crippen LogP contribution in [0.3, 0.4) is 0 Å². The second-order valence-electron chi connectivity index (χ2n) is 3.91. The lowest BCUT2D eigenvalue weighted by molar-refractivity contribution is 0.0948. The summed E-state index contributed by atoms with van der Waals surface area (Å²) in [5.41, 5.74) is 1.43. The van der Waals surface area contributed by atoms with Gasteiger partial charge in [0.1, 0.15) is 0 Å². The van der Waals surface area contributed by atoms with E-state index in [1.54, 1.807) is 10.9 Å². The molecule has 1 rings (SSSR count). The smallest absolute Gasteiger partial charge is 0.254 e. The largest absolute Gasteiger partial charge is 0.352 e. The highest BCUT2D eigenvalue weighted by molar-refractivity contribution is 5.94. The standard InChI is InChI=1S/C10H17N3O/c1-7(2)5-11-10(14)9-6-13(4)12-8(9)3/h6-7H,5H2,1-4H3,(H,11,14). The molecule has 0 aliphatic carbocycles. The SMILES string of the molecule is Cc1nn(C)cc1C(=O)NCC(C)C. The number of rotatable bonds is 3. The van der Waals surface area contributed by atoms with E-state index in [9.17, 15) is 4.79 Å². The highest BCUT2D eigenvalue weighted by Gasteiger charge is 2.11. The van der Waals surface area contributed by atoms with Crippen molar-refractivity contribution in [1.29, 1.82) is 0 Å². The van der Waals surface area contributed by atoms with Gasteiger partial charge in [-0.1, -0.05) is 13.8 Å². The second-order valence-corrected chi connectivity index (χ2v) is 3.91. The van der Waals surface area contributed by atoms with E-state index in [0.717, 1.165) is 5.69 Å². The summed E-state index contributed by atoms with van der Waals surface area (Å²) in [5.74, 6) is 0.431. The van der Waals surface area contributed by atoms with Gasteiger partial charge >= 0.3 is 0 Å². The van der Waals surface area contributed by atoms with Gasteiger partial charge in [0.15, 0.2) is 0 Å². The minimum absolute atomic E-state index is 0.0377. The van der Waals surface area contributed by atoms with Crippen LogP contribution in [0.2, 0.25) is 0 Å². The molecule has 0 saturated heterocycles.